The third-order valence-electron chi connectivity index (χ3n) is 6.55. The van der Waals surface area contributed by atoms with Gasteiger partial charge in [-0.05, 0) is 53.6 Å². The van der Waals surface area contributed by atoms with Crippen LogP contribution in [0.15, 0.2) is 91.3 Å². The summed E-state index contributed by atoms with van der Waals surface area (Å²) in [6.07, 6.45) is 4.11. The Hall–Kier alpha value is -4.59. The van der Waals surface area contributed by atoms with Gasteiger partial charge in [-0.15, -0.1) is 5.10 Å². The second kappa shape index (κ2) is 11.2. The lowest BCUT2D eigenvalue weighted by molar-refractivity contribution is -0.127. The van der Waals surface area contributed by atoms with Crippen molar-refractivity contribution in [2.75, 3.05) is 11.4 Å². The molecule has 2 amide bonds. The third kappa shape index (κ3) is 5.25. The molecule has 0 saturated heterocycles. The van der Waals surface area contributed by atoms with Crippen LogP contribution in [-0.2, 0) is 16.1 Å². The minimum absolute atomic E-state index is 0.0788. The summed E-state index contributed by atoms with van der Waals surface area (Å²) >= 11 is 0. The number of rotatable bonds is 9. The highest BCUT2D eigenvalue weighted by atomic mass is 16.2. The van der Waals surface area contributed by atoms with E-state index in [9.17, 15) is 9.59 Å². The molecule has 192 valence electrons. The largest absolute Gasteiger partial charge is 0.354 e. The van der Waals surface area contributed by atoms with Crippen molar-refractivity contribution in [2.45, 2.75) is 32.9 Å². The number of aromatic nitrogens is 4. The number of para-hydroxylation sites is 1. The summed E-state index contributed by atoms with van der Waals surface area (Å²) in [5.74, 6) is -0.0921. The first-order valence-corrected chi connectivity index (χ1v) is 12.8. The predicted octanol–water partition coefficient (Wildman–Crippen LogP) is 4.92. The van der Waals surface area contributed by atoms with Crippen molar-refractivity contribution in [1.82, 2.24) is 25.3 Å². The minimum atomic E-state index is -0.904. The van der Waals surface area contributed by atoms with E-state index in [1.807, 2.05) is 66.7 Å². The second-order valence-electron chi connectivity index (χ2n) is 9.65. The van der Waals surface area contributed by atoms with Crippen molar-refractivity contribution < 1.29 is 9.59 Å². The second-order valence-corrected chi connectivity index (χ2v) is 9.65. The van der Waals surface area contributed by atoms with E-state index in [4.69, 9.17) is 0 Å². The van der Waals surface area contributed by atoms with Crippen LogP contribution < -0.4 is 10.2 Å². The van der Waals surface area contributed by atoms with Gasteiger partial charge in [0, 0.05) is 24.3 Å². The van der Waals surface area contributed by atoms with Gasteiger partial charge in [-0.1, -0.05) is 67.6 Å². The number of nitrogens with zero attached hydrogens (tertiary/aromatic N) is 5. The molecule has 0 aliphatic carbocycles. The van der Waals surface area contributed by atoms with Crippen LogP contribution in [-0.4, -0.2) is 38.3 Å². The first kappa shape index (κ1) is 25.1. The van der Waals surface area contributed by atoms with Crippen molar-refractivity contribution in [3.63, 3.8) is 0 Å². The first-order valence-electron chi connectivity index (χ1n) is 12.8. The van der Waals surface area contributed by atoms with Gasteiger partial charge in [0.2, 0.25) is 11.8 Å². The normalized spacial score (nSPS) is 12.1. The van der Waals surface area contributed by atoms with Crippen LogP contribution in [0.3, 0.4) is 0 Å². The third-order valence-corrected chi connectivity index (χ3v) is 6.55. The molecular formula is C30H30N6O2. The van der Waals surface area contributed by atoms with Crippen molar-refractivity contribution >= 4 is 39.3 Å². The summed E-state index contributed by atoms with van der Waals surface area (Å²) in [7, 11) is 0. The number of benzene rings is 3. The molecule has 2 aromatic heterocycles. The van der Waals surface area contributed by atoms with Crippen LogP contribution in [0.4, 0.5) is 5.69 Å². The molecule has 0 bridgehead atoms. The topological polar surface area (TPSA) is 93.0 Å². The van der Waals surface area contributed by atoms with Gasteiger partial charge in [0.15, 0.2) is 0 Å². The van der Waals surface area contributed by atoms with Crippen LogP contribution in [0.1, 0.15) is 31.9 Å². The summed E-state index contributed by atoms with van der Waals surface area (Å²) in [6, 6.07) is 23.8. The summed E-state index contributed by atoms with van der Waals surface area (Å²) in [5.41, 5.74) is 2.78. The average molecular weight is 507 g/mol. The zero-order valence-corrected chi connectivity index (χ0v) is 21.5. The molecule has 0 aliphatic rings. The Bertz CT molecular complexity index is 1560. The summed E-state index contributed by atoms with van der Waals surface area (Å²) in [6.45, 7) is 4.66. The van der Waals surface area contributed by atoms with Crippen LogP contribution in [0.5, 0.6) is 0 Å². The van der Waals surface area contributed by atoms with E-state index in [2.05, 4.69) is 34.5 Å². The number of pyridine rings is 1. The number of carbonyl (C=O) groups is 2. The van der Waals surface area contributed by atoms with Crippen molar-refractivity contribution in [2.24, 2.45) is 5.92 Å². The molecule has 3 aromatic carbocycles. The van der Waals surface area contributed by atoms with E-state index in [-0.39, 0.29) is 18.4 Å². The highest BCUT2D eigenvalue weighted by molar-refractivity contribution is 6.08. The van der Waals surface area contributed by atoms with E-state index < -0.39 is 6.04 Å². The lowest BCUT2D eigenvalue weighted by atomic mass is 10.0. The quantitative estimate of drug-likeness (QED) is 0.306. The van der Waals surface area contributed by atoms with E-state index >= 15 is 0 Å². The van der Waals surface area contributed by atoms with Crippen molar-refractivity contribution in [3.8, 4) is 0 Å². The number of amides is 2. The van der Waals surface area contributed by atoms with Gasteiger partial charge < -0.3 is 5.32 Å². The molecule has 1 atom stereocenters. The fraction of sp³-hybridized carbons (Fsp3) is 0.233. The number of nitrogens with one attached hydrogen (secondary N) is 1. The van der Waals surface area contributed by atoms with E-state index in [1.54, 1.807) is 34.1 Å². The van der Waals surface area contributed by atoms with Crippen LogP contribution >= 0.6 is 0 Å². The van der Waals surface area contributed by atoms with E-state index in [0.29, 0.717) is 29.2 Å². The highest BCUT2D eigenvalue weighted by Gasteiger charge is 2.34. The molecule has 5 rings (SSSR count). The van der Waals surface area contributed by atoms with Crippen LogP contribution in [0, 0.1) is 5.92 Å². The minimum Gasteiger partial charge on any atom is -0.354 e. The van der Waals surface area contributed by atoms with Gasteiger partial charge in [-0.2, -0.15) is 0 Å². The average Bonchev–Trinajstić information content (AvgIpc) is 3.34. The molecule has 0 aliphatic heterocycles. The Morgan fingerprint density at radius 3 is 2.47 bits per heavy atom. The lowest BCUT2D eigenvalue weighted by Gasteiger charge is -2.32. The number of anilines is 1. The number of fused-ring (bicyclic) bond motifs is 2. The van der Waals surface area contributed by atoms with Gasteiger partial charge in [-0.25, -0.2) is 4.68 Å². The molecule has 0 fully saturated rings. The molecule has 38 heavy (non-hydrogen) atoms. The predicted molar refractivity (Wildman–Crippen MR) is 148 cm³/mol. The smallest absolute Gasteiger partial charge is 0.249 e. The SMILES string of the molecule is CC(C)CCNC(=O)[C@@H](c1ccncc1)N(C(=O)Cn1nnc2ccccc21)c1cccc2ccccc12. The fourth-order valence-electron chi connectivity index (χ4n) is 4.62. The maximum Gasteiger partial charge on any atom is 0.249 e. The zero-order chi connectivity index (χ0) is 26.5. The monoisotopic (exact) mass is 506 g/mol. The van der Waals surface area contributed by atoms with Crippen LogP contribution in [0.2, 0.25) is 0 Å². The molecule has 0 unspecified atom stereocenters. The number of hydrogen-bond donors (Lipinski definition) is 1. The van der Waals surface area contributed by atoms with Gasteiger partial charge in [0.1, 0.15) is 18.1 Å². The Balaban J connectivity index is 1.62. The maximum absolute atomic E-state index is 14.2. The fourth-order valence-corrected chi connectivity index (χ4v) is 4.62. The van der Waals surface area contributed by atoms with Gasteiger partial charge in [0.25, 0.3) is 0 Å². The van der Waals surface area contributed by atoms with Gasteiger partial charge in [0.05, 0.1) is 11.2 Å². The van der Waals surface area contributed by atoms with Crippen molar-refractivity contribution in [1.29, 1.82) is 0 Å². The summed E-state index contributed by atoms with van der Waals surface area (Å²) in [4.78, 5) is 33.8. The molecule has 0 saturated carbocycles. The van der Waals surface area contributed by atoms with Gasteiger partial charge in [-0.3, -0.25) is 19.5 Å². The Labute approximate surface area is 221 Å². The molecule has 5 aromatic rings. The number of hydrogen-bond acceptors (Lipinski definition) is 5. The molecule has 8 heteroatoms. The molecular weight excluding hydrogens is 476 g/mol. The Morgan fingerprint density at radius 1 is 0.921 bits per heavy atom. The lowest BCUT2D eigenvalue weighted by Crippen LogP contribution is -2.45. The van der Waals surface area contributed by atoms with E-state index in [0.717, 1.165) is 22.7 Å². The maximum atomic E-state index is 14.2. The molecule has 0 spiro atoms. The standard InChI is InChI=1S/C30H30N6O2/c1-21(2)14-19-32-30(38)29(23-15-17-31-18-16-23)36(26-13-7-9-22-8-3-4-10-24(22)26)28(37)20-35-27-12-6-5-11-25(27)33-34-35/h3-13,15-18,21,29H,14,19-20H2,1-2H3,(H,32,38)/t29-/m1/s1. The zero-order valence-electron chi connectivity index (χ0n) is 21.5. The van der Waals surface area contributed by atoms with Crippen LogP contribution in [0.25, 0.3) is 21.8 Å². The molecule has 0 radical (unpaired) electrons. The summed E-state index contributed by atoms with van der Waals surface area (Å²) in [5, 5.41) is 13.3. The Morgan fingerprint density at radius 2 is 1.66 bits per heavy atom. The van der Waals surface area contributed by atoms with Gasteiger partial charge >= 0.3 is 0 Å². The first-order chi connectivity index (χ1) is 18.5. The molecule has 2 heterocycles. The molecule has 1 N–H and O–H groups in total. The van der Waals surface area contributed by atoms with Crippen molar-refractivity contribution in [3.05, 3.63) is 96.8 Å². The molecule has 8 nitrogen and oxygen atoms in total. The van der Waals surface area contributed by atoms with E-state index in [1.165, 1.54) is 0 Å². The summed E-state index contributed by atoms with van der Waals surface area (Å²) < 4.78 is 1.58. The number of carbonyl (C=O) groups excluding carboxylic acids is 2. The Kier molecular flexibility index (Phi) is 7.40. The highest BCUT2D eigenvalue weighted by Crippen LogP contribution is 2.34.